The van der Waals surface area contributed by atoms with Gasteiger partial charge in [0.2, 0.25) is 0 Å². The van der Waals surface area contributed by atoms with Gasteiger partial charge in [-0.05, 0) is 18.6 Å². The number of hydrogen-bond acceptors (Lipinski definition) is 2. The van der Waals surface area contributed by atoms with E-state index >= 15 is 0 Å². The summed E-state index contributed by atoms with van der Waals surface area (Å²) in [7, 11) is 0. The summed E-state index contributed by atoms with van der Waals surface area (Å²) >= 11 is 0. The number of carbonyl (C=O) groups excluding carboxylic acids is 2. The Morgan fingerprint density at radius 1 is 1.10 bits per heavy atom. The molecular weight excluding hydrogens is 250 g/mol. The molecule has 0 amide bonds. The summed E-state index contributed by atoms with van der Waals surface area (Å²) in [6.45, 7) is 1.56. The van der Waals surface area contributed by atoms with Gasteiger partial charge in [0.25, 0.3) is 0 Å². The topological polar surface area (TPSA) is 49.9 Å². The predicted octanol–water partition coefficient (Wildman–Crippen LogP) is 3.85. The number of benzene rings is 2. The molecule has 0 spiro atoms. The number of nitrogens with one attached hydrogen (secondary N) is 1. The number of aromatic nitrogens is 1. The van der Waals surface area contributed by atoms with E-state index in [2.05, 4.69) is 4.98 Å². The SMILES string of the molecule is CC(=O)c1ccc(-c2c[nH]c3cc(C=O)ccc23)cc1. The van der Waals surface area contributed by atoms with Gasteiger partial charge in [-0.25, -0.2) is 0 Å². The Hall–Kier alpha value is -2.68. The van der Waals surface area contributed by atoms with Gasteiger partial charge in [0.05, 0.1) is 0 Å². The van der Waals surface area contributed by atoms with E-state index < -0.39 is 0 Å². The second kappa shape index (κ2) is 4.78. The summed E-state index contributed by atoms with van der Waals surface area (Å²) in [4.78, 5) is 25.2. The molecule has 3 nitrogen and oxygen atoms in total. The van der Waals surface area contributed by atoms with Gasteiger partial charge >= 0.3 is 0 Å². The highest BCUT2D eigenvalue weighted by atomic mass is 16.1. The fourth-order valence-corrected chi connectivity index (χ4v) is 2.34. The first-order valence-corrected chi connectivity index (χ1v) is 6.37. The fraction of sp³-hybridized carbons (Fsp3) is 0.0588. The van der Waals surface area contributed by atoms with E-state index in [-0.39, 0.29) is 5.78 Å². The molecule has 2 aromatic carbocycles. The summed E-state index contributed by atoms with van der Waals surface area (Å²) in [5.41, 5.74) is 4.39. The molecule has 0 fully saturated rings. The van der Waals surface area contributed by atoms with Crippen LogP contribution in [0.1, 0.15) is 27.6 Å². The zero-order chi connectivity index (χ0) is 14.1. The molecule has 0 aliphatic carbocycles. The third-order valence-corrected chi connectivity index (χ3v) is 3.44. The number of aldehydes is 1. The second-order valence-corrected chi connectivity index (χ2v) is 4.76. The van der Waals surface area contributed by atoms with Crippen molar-refractivity contribution in [3.8, 4) is 11.1 Å². The highest BCUT2D eigenvalue weighted by molar-refractivity contribution is 5.99. The molecule has 0 aliphatic rings. The molecule has 0 atom stereocenters. The molecule has 20 heavy (non-hydrogen) atoms. The van der Waals surface area contributed by atoms with Crippen LogP contribution in [-0.2, 0) is 0 Å². The average Bonchev–Trinajstić information content (AvgIpc) is 2.90. The Morgan fingerprint density at radius 3 is 2.50 bits per heavy atom. The molecule has 0 saturated carbocycles. The molecule has 3 aromatic rings. The smallest absolute Gasteiger partial charge is 0.159 e. The Bertz CT molecular complexity index is 797. The van der Waals surface area contributed by atoms with Crippen molar-refractivity contribution in [1.29, 1.82) is 0 Å². The van der Waals surface area contributed by atoms with Crippen LogP contribution in [0.3, 0.4) is 0 Å². The van der Waals surface area contributed by atoms with Crippen molar-refractivity contribution in [2.45, 2.75) is 6.92 Å². The summed E-state index contributed by atoms with van der Waals surface area (Å²) < 4.78 is 0. The van der Waals surface area contributed by atoms with E-state index in [0.29, 0.717) is 11.1 Å². The Kier molecular flexibility index (Phi) is 2.95. The summed E-state index contributed by atoms with van der Waals surface area (Å²) in [5, 5.41) is 1.06. The third kappa shape index (κ3) is 2.03. The number of rotatable bonds is 3. The first kappa shape index (κ1) is 12.4. The minimum absolute atomic E-state index is 0.0612. The number of carbonyl (C=O) groups is 2. The number of hydrogen-bond donors (Lipinski definition) is 1. The van der Waals surface area contributed by atoms with E-state index in [0.717, 1.165) is 28.3 Å². The lowest BCUT2D eigenvalue weighted by atomic mass is 10.0. The van der Waals surface area contributed by atoms with Crippen molar-refractivity contribution in [2.24, 2.45) is 0 Å². The van der Waals surface area contributed by atoms with Gasteiger partial charge in [-0.3, -0.25) is 9.59 Å². The van der Waals surface area contributed by atoms with Crippen LogP contribution in [0.25, 0.3) is 22.0 Å². The molecule has 0 aliphatic heterocycles. The number of H-pyrrole nitrogens is 1. The van der Waals surface area contributed by atoms with E-state index in [1.165, 1.54) is 0 Å². The number of Topliss-reactive ketones (excluding diaryl/α,β-unsaturated/α-hetero) is 1. The molecule has 3 heteroatoms. The Morgan fingerprint density at radius 2 is 1.85 bits per heavy atom. The predicted molar refractivity (Wildman–Crippen MR) is 79.1 cm³/mol. The summed E-state index contributed by atoms with van der Waals surface area (Å²) in [6.07, 6.45) is 2.75. The number of aromatic amines is 1. The van der Waals surface area contributed by atoms with Crippen LogP contribution in [0.5, 0.6) is 0 Å². The highest BCUT2D eigenvalue weighted by Crippen LogP contribution is 2.29. The van der Waals surface area contributed by atoms with Crippen molar-refractivity contribution in [2.75, 3.05) is 0 Å². The zero-order valence-corrected chi connectivity index (χ0v) is 11.0. The molecule has 0 unspecified atom stereocenters. The van der Waals surface area contributed by atoms with E-state index in [4.69, 9.17) is 0 Å². The van der Waals surface area contributed by atoms with Crippen molar-refractivity contribution in [3.05, 3.63) is 59.8 Å². The standard InChI is InChI=1S/C17H13NO2/c1-11(20)13-3-5-14(6-4-13)16-9-18-17-8-12(10-19)2-7-15(16)17/h2-10,18H,1H3. The normalized spacial score (nSPS) is 10.7. The van der Waals surface area contributed by atoms with E-state index in [9.17, 15) is 9.59 Å². The lowest BCUT2D eigenvalue weighted by Gasteiger charge is -2.01. The van der Waals surface area contributed by atoms with Gasteiger partial charge in [-0.15, -0.1) is 0 Å². The van der Waals surface area contributed by atoms with Gasteiger partial charge in [0.15, 0.2) is 5.78 Å². The lowest BCUT2D eigenvalue weighted by Crippen LogP contribution is -1.90. The maximum absolute atomic E-state index is 11.3. The first-order valence-electron chi connectivity index (χ1n) is 6.37. The lowest BCUT2D eigenvalue weighted by molar-refractivity contribution is 0.101. The van der Waals surface area contributed by atoms with Crippen LogP contribution in [0, 0.1) is 0 Å². The average molecular weight is 263 g/mol. The van der Waals surface area contributed by atoms with Crippen molar-refractivity contribution in [1.82, 2.24) is 4.98 Å². The molecule has 1 aromatic heterocycles. The number of ketones is 1. The molecule has 1 N–H and O–H groups in total. The molecular formula is C17H13NO2. The highest BCUT2D eigenvalue weighted by Gasteiger charge is 2.07. The van der Waals surface area contributed by atoms with Gasteiger partial charge in [-0.1, -0.05) is 36.4 Å². The molecule has 0 radical (unpaired) electrons. The van der Waals surface area contributed by atoms with Gasteiger partial charge in [0.1, 0.15) is 6.29 Å². The molecule has 0 bridgehead atoms. The van der Waals surface area contributed by atoms with Crippen LogP contribution in [-0.4, -0.2) is 17.1 Å². The van der Waals surface area contributed by atoms with Crippen molar-refractivity contribution in [3.63, 3.8) is 0 Å². The van der Waals surface area contributed by atoms with Crippen LogP contribution >= 0.6 is 0 Å². The second-order valence-electron chi connectivity index (χ2n) is 4.76. The fourth-order valence-electron chi connectivity index (χ4n) is 2.34. The van der Waals surface area contributed by atoms with E-state index in [1.54, 1.807) is 13.0 Å². The molecule has 1 heterocycles. The molecule has 98 valence electrons. The summed E-state index contributed by atoms with van der Waals surface area (Å²) in [6, 6.07) is 13.1. The number of fused-ring (bicyclic) bond motifs is 1. The van der Waals surface area contributed by atoms with Crippen molar-refractivity contribution < 1.29 is 9.59 Å². The Balaban J connectivity index is 2.10. The third-order valence-electron chi connectivity index (χ3n) is 3.44. The van der Waals surface area contributed by atoms with Gasteiger partial charge in [0, 0.05) is 33.8 Å². The van der Waals surface area contributed by atoms with Crippen LogP contribution in [0.2, 0.25) is 0 Å². The molecule has 3 rings (SSSR count). The van der Waals surface area contributed by atoms with Gasteiger partial charge in [-0.2, -0.15) is 0 Å². The maximum Gasteiger partial charge on any atom is 0.159 e. The monoisotopic (exact) mass is 263 g/mol. The first-order chi connectivity index (χ1) is 9.69. The Labute approximate surface area is 116 Å². The maximum atomic E-state index is 11.3. The minimum atomic E-state index is 0.0612. The van der Waals surface area contributed by atoms with Crippen molar-refractivity contribution >= 4 is 23.0 Å². The largest absolute Gasteiger partial charge is 0.361 e. The van der Waals surface area contributed by atoms with E-state index in [1.807, 2.05) is 42.6 Å². The minimum Gasteiger partial charge on any atom is -0.361 e. The summed E-state index contributed by atoms with van der Waals surface area (Å²) in [5.74, 6) is 0.0612. The van der Waals surface area contributed by atoms with Gasteiger partial charge < -0.3 is 4.98 Å². The van der Waals surface area contributed by atoms with Crippen LogP contribution in [0.4, 0.5) is 0 Å². The quantitative estimate of drug-likeness (QED) is 0.576. The molecule has 0 saturated heterocycles. The van der Waals surface area contributed by atoms with Crippen LogP contribution < -0.4 is 0 Å². The zero-order valence-electron chi connectivity index (χ0n) is 11.0. The van der Waals surface area contributed by atoms with Crippen LogP contribution in [0.15, 0.2) is 48.7 Å².